The number of imidazole rings is 1. The van der Waals surface area contributed by atoms with Gasteiger partial charge in [0.05, 0.1) is 12.3 Å². The monoisotopic (exact) mass is 522 g/mol. The highest BCUT2D eigenvalue weighted by molar-refractivity contribution is 5.78. The van der Waals surface area contributed by atoms with Crippen molar-refractivity contribution in [2.75, 3.05) is 43.5 Å². The molecule has 3 aromatic rings. The quantitative estimate of drug-likeness (QED) is 0.320. The molecule has 4 heterocycles. The Kier molecular flexibility index (Phi) is 9.81. The third-order valence-corrected chi connectivity index (χ3v) is 6.40. The van der Waals surface area contributed by atoms with Gasteiger partial charge in [-0.3, -0.25) is 9.20 Å². The fourth-order valence-corrected chi connectivity index (χ4v) is 4.53. The molecule has 3 aromatic heterocycles. The average Bonchev–Trinajstić information content (AvgIpc) is 3.33. The standard InChI is InChI=1S/C27H35FN8O2/c1-2-14-38-15-5-3-4-12-30-23-16-24(32-21-7-6-13-35(19-21)26(37)10-11-29)34-27(33-23)22-17-31-25-9-8-20(28)18-36(22)25/h8-9,16-18,21H,2-7,10,12-15,19H2,1H3,(H2,30,32,33,34)/t21-/m1/s1. The van der Waals surface area contributed by atoms with E-state index in [-0.39, 0.29) is 24.2 Å². The van der Waals surface area contributed by atoms with Gasteiger partial charge in [-0.05, 0) is 50.7 Å². The van der Waals surface area contributed by atoms with E-state index in [1.54, 1.807) is 21.6 Å². The first-order valence-corrected chi connectivity index (χ1v) is 13.3. The second-order valence-corrected chi connectivity index (χ2v) is 9.44. The number of hydrogen-bond donors (Lipinski definition) is 2. The number of ether oxygens (including phenoxy) is 1. The SMILES string of the molecule is CCCOCCCCCNc1cc(N[C@@H]2CCCN(C(=O)CC#N)C2)nc(-c2cnc3ccc(F)cn23)n1. The molecule has 202 valence electrons. The van der Waals surface area contributed by atoms with Crippen LogP contribution in [0.4, 0.5) is 16.0 Å². The Morgan fingerprint density at radius 2 is 2.11 bits per heavy atom. The van der Waals surface area contributed by atoms with Crippen LogP contribution in [0.5, 0.6) is 0 Å². The summed E-state index contributed by atoms with van der Waals surface area (Å²) in [7, 11) is 0. The van der Waals surface area contributed by atoms with Crippen molar-refractivity contribution in [3.05, 3.63) is 36.4 Å². The minimum Gasteiger partial charge on any atom is -0.381 e. The number of piperidine rings is 1. The van der Waals surface area contributed by atoms with Crippen molar-refractivity contribution in [1.29, 1.82) is 5.26 Å². The minimum atomic E-state index is -0.378. The van der Waals surface area contributed by atoms with E-state index in [2.05, 4.69) is 22.5 Å². The third kappa shape index (κ3) is 7.38. The lowest BCUT2D eigenvalue weighted by Gasteiger charge is -2.33. The summed E-state index contributed by atoms with van der Waals surface area (Å²) in [5.41, 5.74) is 1.18. The van der Waals surface area contributed by atoms with Crippen molar-refractivity contribution >= 4 is 23.2 Å². The molecule has 0 bridgehead atoms. The van der Waals surface area contributed by atoms with E-state index in [1.807, 2.05) is 12.1 Å². The van der Waals surface area contributed by atoms with Crippen molar-refractivity contribution in [1.82, 2.24) is 24.3 Å². The predicted octanol–water partition coefficient (Wildman–Crippen LogP) is 4.26. The Morgan fingerprint density at radius 3 is 2.95 bits per heavy atom. The van der Waals surface area contributed by atoms with Crippen LogP contribution in [0, 0.1) is 17.1 Å². The fourth-order valence-electron chi connectivity index (χ4n) is 4.53. The van der Waals surface area contributed by atoms with Crippen molar-refractivity contribution in [3.63, 3.8) is 0 Å². The highest BCUT2D eigenvalue weighted by Gasteiger charge is 2.24. The Hall–Kier alpha value is -3.78. The van der Waals surface area contributed by atoms with Gasteiger partial charge < -0.3 is 20.3 Å². The molecule has 11 heteroatoms. The second kappa shape index (κ2) is 13.7. The number of pyridine rings is 1. The lowest BCUT2D eigenvalue weighted by Crippen LogP contribution is -2.45. The molecule has 10 nitrogen and oxygen atoms in total. The number of anilines is 2. The summed E-state index contributed by atoms with van der Waals surface area (Å²) >= 11 is 0. The van der Waals surface area contributed by atoms with Gasteiger partial charge in [-0.25, -0.2) is 19.3 Å². The zero-order chi connectivity index (χ0) is 26.7. The van der Waals surface area contributed by atoms with Crippen LogP contribution < -0.4 is 10.6 Å². The van der Waals surface area contributed by atoms with E-state index in [1.165, 1.54) is 12.3 Å². The normalized spacial score (nSPS) is 15.4. The highest BCUT2D eigenvalue weighted by atomic mass is 19.1. The molecule has 0 aliphatic carbocycles. The van der Waals surface area contributed by atoms with Gasteiger partial charge in [0.1, 0.15) is 35.2 Å². The second-order valence-electron chi connectivity index (χ2n) is 9.44. The number of nitrogens with one attached hydrogen (secondary N) is 2. The smallest absolute Gasteiger partial charge is 0.236 e. The number of nitrogens with zero attached hydrogens (tertiary/aromatic N) is 6. The molecular formula is C27H35FN8O2. The predicted molar refractivity (Wildman–Crippen MR) is 143 cm³/mol. The maximum absolute atomic E-state index is 14.0. The molecule has 0 radical (unpaired) electrons. The molecule has 0 unspecified atom stereocenters. The zero-order valence-corrected chi connectivity index (χ0v) is 21.8. The Morgan fingerprint density at radius 1 is 1.24 bits per heavy atom. The number of fused-ring (bicyclic) bond motifs is 1. The number of aromatic nitrogens is 4. The first-order valence-electron chi connectivity index (χ1n) is 13.3. The van der Waals surface area contributed by atoms with Crippen LogP contribution in [0.3, 0.4) is 0 Å². The van der Waals surface area contributed by atoms with Gasteiger partial charge in [-0.15, -0.1) is 0 Å². The van der Waals surface area contributed by atoms with Crippen molar-refractivity contribution in [2.45, 2.75) is 57.9 Å². The molecule has 38 heavy (non-hydrogen) atoms. The van der Waals surface area contributed by atoms with Gasteiger partial charge in [-0.1, -0.05) is 6.92 Å². The van der Waals surface area contributed by atoms with Crippen LogP contribution in [0.15, 0.2) is 30.6 Å². The van der Waals surface area contributed by atoms with Crippen LogP contribution in [0.1, 0.15) is 51.9 Å². The van der Waals surface area contributed by atoms with E-state index in [9.17, 15) is 9.18 Å². The number of carbonyl (C=O) groups is 1. The van der Waals surface area contributed by atoms with Gasteiger partial charge in [0.2, 0.25) is 5.91 Å². The number of rotatable bonds is 13. The summed E-state index contributed by atoms with van der Waals surface area (Å²) < 4.78 is 21.2. The van der Waals surface area contributed by atoms with E-state index >= 15 is 0 Å². The Balaban J connectivity index is 1.49. The first-order chi connectivity index (χ1) is 18.6. The summed E-state index contributed by atoms with van der Waals surface area (Å²) in [5, 5.41) is 15.7. The molecule has 1 aliphatic heterocycles. The van der Waals surface area contributed by atoms with Gasteiger partial charge in [-0.2, -0.15) is 5.26 Å². The summed E-state index contributed by atoms with van der Waals surface area (Å²) in [6.07, 6.45) is 8.66. The van der Waals surface area contributed by atoms with Crippen LogP contribution in [0.25, 0.3) is 17.2 Å². The summed E-state index contributed by atoms with van der Waals surface area (Å²) in [6.45, 7) is 5.58. The molecule has 1 atom stereocenters. The van der Waals surface area contributed by atoms with Crippen LogP contribution in [-0.2, 0) is 9.53 Å². The van der Waals surface area contributed by atoms with Gasteiger partial charge >= 0.3 is 0 Å². The maximum atomic E-state index is 14.0. The third-order valence-electron chi connectivity index (χ3n) is 6.40. The van der Waals surface area contributed by atoms with E-state index in [4.69, 9.17) is 20.0 Å². The Bertz CT molecular complexity index is 1260. The molecule has 1 saturated heterocycles. The van der Waals surface area contributed by atoms with Crippen LogP contribution >= 0.6 is 0 Å². The fraction of sp³-hybridized carbons (Fsp3) is 0.519. The van der Waals surface area contributed by atoms with E-state index in [0.29, 0.717) is 41.9 Å². The molecule has 1 amide bonds. The van der Waals surface area contributed by atoms with Crippen molar-refractivity contribution in [2.24, 2.45) is 0 Å². The van der Waals surface area contributed by atoms with E-state index < -0.39 is 0 Å². The molecule has 0 spiro atoms. The number of likely N-dealkylation sites (tertiary alicyclic amines) is 1. The molecule has 0 saturated carbocycles. The average molecular weight is 523 g/mol. The molecule has 0 aromatic carbocycles. The number of carbonyl (C=O) groups excluding carboxylic acids is 1. The van der Waals surface area contributed by atoms with Crippen LogP contribution in [-0.4, -0.2) is 69.0 Å². The lowest BCUT2D eigenvalue weighted by molar-refractivity contribution is -0.131. The molecule has 2 N–H and O–H groups in total. The zero-order valence-electron chi connectivity index (χ0n) is 21.8. The summed E-state index contributed by atoms with van der Waals surface area (Å²) in [6, 6.07) is 6.76. The number of hydrogen-bond acceptors (Lipinski definition) is 8. The summed E-state index contributed by atoms with van der Waals surface area (Å²) in [4.78, 5) is 27.8. The van der Waals surface area contributed by atoms with Gasteiger partial charge in [0.15, 0.2) is 5.82 Å². The van der Waals surface area contributed by atoms with E-state index in [0.717, 1.165) is 58.3 Å². The first kappa shape index (κ1) is 27.3. The molecule has 4 rings (SSSR count). The number of amides is 1. The van der Waals surface area contributed by atoms with Crippen molar-refractivity contribution < 1.29 is 13.9 Å². The molecule has 1 fully saturated rings. The van der Waals surface area contributed by atoms with Gasteiger partial charge in [0, 0.05) is 51.2 Å². The van der Waals surface area contributed by atoms with Gasteiger partial charge in [0.25, 0.3) is 0 Å². The number of unbranched alkanes of at least 4 members (excludes halogenated alkanes) is 2. The Labute approximate surface area is 222 Å². The maximum Gasteiger partial charge on any atom is 0.236 e. The van der Waals surface area contributed by atoms with Crippen molar-refractivity contribution in [3.8, 4) is 17.6 Å². The largest absolute Gasteiger partial charge is 0.381 e. The molecule has 1 aliphatic rings. The number of nitriles is 1. The highest BCUT2D eigenvalue weighted by Crippen LogP contribution is 2.24. The molecular weight excluding hydrogens is 487 g/mol. The minimum absolute atomic E-state index is 0.00950. The van der Waals surface area contributed by atoms with Crippen LogP contribution in [0.2, 0.25) is 0 Å². The number of halogens is 1. The lowest BCUT2D eigenvalue weighted by atomic mass is 10.1. The topological polar surface area (TPSA) is 120 Å². The summed E-state index contributed by atoms with van der Waals surface area (Å²) in [5.74, 6) is 1.14.